The van der Waals surface area contributed by atoms with Crippen LogP contribution in [-0.4, -0.2) is 38.3 Å². The van der Waals surface area contributed by atoms with Crippen molar-refractivity contribution in [2.45, 2.75) is 63.0 Å². The molecule has 1 aromatic carbocycles. The van der Waals surface area contributed by atoms with Gasteiger partial charge in [-0.3, -0.25) is 4.90 Å². The van der Waals surface area contributed by atoms with Crippen molar-refractivity contribution in [1.82, 2.24) is 9.88 Å². The van der Waals surface area contributed by atoms with E-state index in [0.29, 0.717) is 5.76 Å². The van der Waals surface area contributed by atoms with Gasteiger partial charge in [-0.1, -0.05) is 53.5 Å². The number of aromatic nitrogens is 1. The topological polar surface area (TPSA) is 42.4 Å². The number of aryl methyl sites for hydroxylation is 1. The summed E-state index contributed by atoms with van der Waals surface area (Å²) >= 11 is 14.8. The summed E-state index contributed by atoms with van der Waals surface area (Å²) in [5, 5.41) is 0.926. The fourth-order valence-corrected chi connectivity index (χ4v) is 6.04. The van der Waals surface area contributed by atoms with E-state index in [2.05, 4.69) is 32.6 Å². The van der Waals surface area contributed by atoms with E-state index >= 15 is 0 Å². The number of carbonyl (C=O) groups is 1. The smallest absolute Gasteiger partial charge is 0.350 e. The lowest BCUT2D eigenvalue weighted by atomic mass is 9.87. The number of hydrogen-bond acceptors (Lipinski definition) is 5. The number of hydrogen-bond donors (Lipinski definition) is 0. The van der Waals surface area contributed by atoms with Crippen LogP contribution in [0.4, 0.5) is 0 Å². The van der Waals surface area contributed by atoms with Crippen LogP contribution in [0.3, 0.4) is 0 Å². The van der Waals surface area contributed by atoms with Crippen molar-refractivity contribution in [3.05, 3.63) is 46.5 Å². The lowest BCUT2D eigenvalue weighted by Gasteiger charge is -2.47. The van der Waals surface area contributed by atoms with Gasteiger partial charge in [-0.15, -0.1) is 11.3 Å². The quantitative estimate of drug-likeness (QED) is 0.443. The van der Waals surface area contributed by atoms with Gasteiger partial charge in [-0.25, -0.2) is 9.78 Å². The molecule has 0 fully saturated rings. The number of halogens is 2. The Morgan fingerprint density at radius 3 is 2.41 bits per heavy atom. The SMILES string of the molecule is CC(C)N(C(C)C)C1C2=C(OC(=O)C1(Cl)Cl)c1sc(-c3ccccc3)nc1CC2. The minimum atomic E-state index is -1.64. The first-order valence-electron chi connectivity index (χ1n) is 9.87. The van der Waals surface area contributed by atoms with Crippen molar-refractivity contribution < 1.29 is 9.53 Å². The normalized spacial score (nSPS) is 20.9. The first kappa shape index (κ1) is 20.9. The molecular weight excluding hydrogens is 427 g/mol. The van der Waals surface area contributed by atoms with Crippen LogP contribution in [0.25, 0.3) is 16.3 Å². The molecule has 29 heavy (non-hydrogen) atoms. The van der Waals surface area contributed by atoms with Crippen molar-refractivity contribution in [3.8, 4) is 10.6 Å². The summed E-state index contributed by atoms with van der Waals surface area (Å²) in [7, 11) is 0. The Kier molecular flexibility index (Phi) is 5.53. The molecule has 1 unspecified atom stereocenters. The van der Waals surface area contributed by atoms with Crippen molar-refractivity contribution >= 4 is 46.3 Å². The van der Waals surface area contributed by atoms with Gasteiger partial charge >= 0.3 is 5.97 Å². The highest BCUT2D eigenvalue weighted by Crippen LogP contribution is 2.49. The molecular formula is C22H24Cl2N2O2S. The molecule has 0 saturated carbocycles. The summed E-state index contributed by atoms with van der Waals surface area (Å²) in [6, 6.07) is 9.95. The van der Waals surface area contributed by atoms with Crippen LogP contribution in [0.15, 0.2) is 35.9 Å². The average molecular weight is 451 g/mol. The molecule has 1 aliphatic heterocycles. The molecule has 7 heteroatoms. The number of nitrogens with zero attached hydrogens (tertiary/aromatic N) is 2. The Morgan fingerprint density at radius 2 is 1.79 bits per heavy atom. The zero-order valence-electron chi connectivity index (χ0n) is 16.9. The molecule has 2 aromatic rings. The summed E-state index contributed by atoms with van der Waals surface area (Å²) in [6.45, 7) is 8.38. The van der Waals surface area contributed by atoms with Gasteiger partial charge in [-0.05, 0) is 46.1 Å². The maximum Gasteiger partial charge on any atom is 0.350 e. The van der Waals surface area contributed by atoms with Gasteiger partial charge in [0.05, 0.1) is 16.6 Å². The molecule has 2 aliphatic rings. The van der Waals surface area contributed by atoms with Crippen LogP contribution < -0.4 is 0 Å². The maximum absolute atomic E-state index is 12.9. The van der Waals surface area contributed by atoms with Crippen molar-refractivity contribution in [3.63, 3.8) is 0 Å². The predicted molar refractivity (Wildman–Crippen MR) is 119 cm³/mol. The number of ether oxygens (including phenoxy) is 1. The molecule has 0 amide bonds. The van der Waals surface area contributed by atoms with E-state index in [1.165, 1.54) is 0 Å². The van der Waals surface area contributed by atoms with E-state index in [0.717, 1.165) is 39.6 Å². The van der Waals surface area contributed by atoms with Crippen LogP contribution in [-0.2, 0) is 16.0 Å². The number of carbonyl (C=O) groups excluding carboxylic acids is 1. The maximum atomic E-state index is 12.9. The Morgan fingerprint density at radius 1 is 1.14 bits per heavy atom. The molecule has 0 bridgehead atoms. The molecule has 1 atom stereocenters. The molecule has 4 rings (SSSR count). The third-order valence-electron chi connectivity index (χ3n) is 5.48. The first-order valence-corrected chi connectivity index (χ1v) is 11.4. The summed E-state index contributed by atoms with van der Waals surface area (Å²) in [5.41, 5.74) is 3.02. The Hall–Kier alpha value is -1.40. The van der Waals surface area contributed by atoms with Crippen LogP contribution >= 0.6 is 34.5 Å². The second-order valence-electron chi connectivity index (χ2n) is 8.06. The lowest BCUT2D eigenvalue weighted by Crippen LogP contribution is -2.59. The molecule has 2 heterocycles. The second-order valence-corrected chi connectivity index (χ2v) is 10.4. The third-order valence-corrected chi connectivity index (χ3v) is 7.35. The fraction of sp³-hybridized carbons (Fsp3) is 0.455. The predicted octanol–water partition coefficient (Wildman–Crippen LogP) is 5.69. The van der Waals surface area contributed by atoms with Crippen LogP contribution in [0.2, 0.25) is 0 Å². The van der Waals surface area contributed by atoms with E-state index in [9.17, 15) is 4.79 Å². The molecule has 0 spiro atoms. The van der Waals surface area contributed by atoms with E-state index in [4.69, 9.17) is 32.9 Å². The molecule has 0 saturated heterocycles. The molecule has 0 radical (unpaired) electrons. The van der Waals surface area contributed by atoms with Crippen molar-refractivity contribution in [1.29, 1.82) is 0 Å². The molecule has 1 aromatic heterocycles. The van der Waals surface area contributed by atoms with Gasteiger partial charge in [0, 0.05) is 17.6 Å². The zero-order valence-corrected chi connectivity index (χ0v) is 19.2. The molecule has 154 valence electrons. The van der Waals surface area contributed by atoms with Crippen LogP contribution in [0, 0.1) is 0 Å². The van der Waals surface area contributed by atoms with Gasteiger partial charge in [0.25, 0.3) is 0 Å². The minimum Gasteiger partial charge on any atom is -0.423 e. The van der Waals surface area contributed by atoms with Gasteiger partial charge in [-0.2, -0.15) is 0 Å². The Bertz CT molecular complexity index is 958. The second kappa shape index (κ2) is 7.69. The van der Waals surface area contributed by atoms with E-state index in [-0.39, 0.29) is 12.1 Å². The van der Waals surface area contributed by atoms with E-state index < -0.39 is 16.3 Å². The zero-order chi connectivity index (χ0) is 20.9. The van der Waals surface area contributed by atoms with Gasteiger partial charge in [0.1, 0.15) is 5.01 Å². The number of alkyl halides is 2. The molecule has 1 aliphatic carbocycles. The van der Waals surface area contributed by atoms with Crippen LogP contribution in [0.1, 0.15) is 44.7 Å². The standard InChI is InChI=1S/C22H24Cl2N2O2S/c1-12(2)26(13(3)4)19-15-10-11-16-18(17(15)28-21(27)22(19,23)24)29-20(25-16)14-8-6-5-7-9-14/h5-9,12-13,19H,10-11H2,1-4H3. The Labute approximate surface area is 185 Å². The van der Waals surface area contributed by atoms with Crippen LogP contribution in [0.5, 0.6) is 0 Å². The number of rotatable bonds is 4. The van der Waals surface area contributed by atoms with Crippen molar-refractivity contribution in [2.75, 3.05) is 0 Å². The van der Waals surface area contributed by atoms with E-state index in [1.807, 2.05) is 30.3 Å². The third kappa shape index (κ3) is 3.52. The average Bonchev–Trinajstić information content (AvgIpc) is 3.10. The van der Waals surface area contributed by atoms with Gasteiger partial charge < -0.3 is 4.74 Å². The van der Waals surface area contributed by atoms with Gasteiger partial charge in [0.2, 0.25) is 4.33 Å². The number of thiazole rings is 1. The fourth-order valence-electron chi connectivity index (χ4n) is 4.34. The van der Waals surface area contributed by atoms with Gasteiger partial charge in [0.15, 0.2) is 5.76 Å². The number of esters is 1. The largest absolute Gasteiger partial charge is 0.423 e. The summed E-state index contributed by atoms with van der Waals surface area (Å²) in [6.07, 6.45) is 1.49. The highest BCUT2D eigenvalue weighted by Gasteiger charge is 2.55. The minimum absolute atomic E-state index is 0.166. The summed E-state index contributed by atoms with van der Waals surface area (Å²) in [4.78, 5) is 20.8. The highest BCUT2D eigenvalue weighted by atomic mass is 35.5. The summed E-state index contributed by atoms with van der Waals surface area (Å²) < 4.78 is 4.10. The summed E-state index contributed by atoms with van der Waals surface area (Å²) in [5.74, 6) is -0.0115. The molecule has 4 nitrogen and oxygen atoms in total. The number of benzene rings is 1. The highest BCUT2D eigenvalue weighted by molar-refractivity contribution is 7.16. The first-order chi connectivity index (χ1) is 13.7. The lowest BCUT2D eigenvalue weighted by molar-refractivity contribution is -0.140. The van der Waals surface area contributed by atoms with E-state index in [1.54, 1.807) is 11.3 Å². The monoisotopic (exact) mass is 450 g/mol. The molecule has 0 N–H and O–H groups in total. The number of fused-ring (bicyclic) bond motifs is 2. The Balaban J connectivity index is 1.85. The van der Waals surface area contributed by atoms with Crippen molar-refractivity contribution in [2.24, 2.45) is 0 Å².